The summed E-state index contributed by atoms with van der Waals surface area (Å²) in [7, 11) is -2.64. The molecule has 1 unspecified atom stereocenters. The van der Waals surface area contributed by atoms with E-state index >= 15 is 0 Å². The van der Waals surface area contributed by atoms with E-state index in [9.17, 15) is 18.9 Å². The summed E-state index contributed by atoms with van der Waals surface area (Å²) < 4.78 is 25.0. The number of imide groups is 1. The monoisotopic (exact) mass is 1040 g/mol. The number of nitrogens with zero attached hydrogens (tertiary/aromatic N) is 8. The first-order valence-electron chi connectivity index (χ1n) is 25.6. The van der Waals surface area contributed by atoms with Crippen LogP contribution >= 0.6 is 23.1 Å². The molecule has 7 heterocycles. The molecule has 3 aromatic carbocycles. The van der Waals surface area contributed by atoms with Crippen LogP contribution < -0.4 is 36.6 Å². The molecule has 0 spiro atoms. The quantitative estimate of drug-likeness (QED) is 0.0703. The number of pyridine rings is 1. The van der Waals surface area contributed by atoms with E-state index in [2.05, 4.69) is 82.8 Å². The van der Waals surface area contributed by atoms with Gasteiger partial charge in [-0.1, -0.05) is 18.2 Å². The van der Waals surface area contributed by atoms with Crippen LogP contribution in [0.15, 0.2) is 70.1 Å². The number of halogens is 1. The maximum absolute atomic E-state index is 14.5. The van der Waals surface area contributed by atoms with Crippen molar-refractivity contribution >= 4 is 91.0 Å². The second kappa shape index (κ2) is 19.8. The van der Waals surface area contributed by atoms with Crippen LogP contribution in [-0.2, 0) is 20.6 Å². The number of benzene rings is 3. The van der Waals surface area contributed by atoms with Gasteiger partial charge in [0.25, 0.3) is 0 Å². The molecule has 1 aliphatic carbocycles. The third-order valence-corrected chi connectivity index (χ3v) is 19.3. The molecular weight excluding hydrogens is 982 g/mol. The summed E-state index contributed by atoms with van der Waals surface area (Å²) in [5, 5.41) is 11.2. The predicted octanol–water partition coefficient (Wildman–Crippen LogP) is 8.33. The lowest BCUT2D eigenvalue weighted by Crippen LogP contribution is -2.53. The van der Waals surface area contributed by atoms with Gasteiger partial charge in [-0.2, -0.15) is 4.98 Å². The number of hydrogen-bond donors (Lipinski definition) is 3. The van der Waals surface area contributed by atoms with Crippen LogP contribution in [-0.4, -0.2) is 116 Å². The van der Waals surface area contributed by atoms with E-state index in [1.54, 1.807) is 10.8 Å². The van der Waals surface area contributed by atoms with Crippen molar-refractivity contribution in [2.24, 2.45) is 0 Å². The first-order chi connectivity index (χ1) is 34.4. The maximum atomic E-state index is 14.5. The zero-order chi connectivity index (χ0) is 49.0. The molecule has 11 rings (SSSR count). The lowest BCUT2D eigenvalue weighted by Gasteiger charge is -2.43. The topological polar surface area (TPSA) is 172 Å². The Morgan fingerprint density at radius 1 is 0.845 bits per heavy atom. The lowest BCUT2D eigenvalue weighted by atomic mass is 10.00. The number of aryl methyl sites for hydroxylation is 2. The van der Waals surface area contributed by atoms with E-state index in [-0.39, 0.29) is 30.0 Å². The van der Waals surface area contributed by atoms with Gasteiger partial charge in [-0.15, -0.1) is 0 Å². The van der Waals surface area contributed by atoms with Gasteiger partial charge in [0, 0.05) is 111 Å². The summed E-state index contributed by atoms with van der Waals surface area (Å²) in [4.78, 5) is 60.8. The first kappa shape index (κ1) is 47.7. The smallest absolute Gasteiger partial charge is 0.330 e. The molecule has 71 heavy (non-hydrogen) atoms. The van der Waals surface area contributed by atoms with Crippen molar-refractivity contribution in [2.45, 2.75) is 96.7 Å². The van der Waals surface area contributed by atoms with Crippen LogP contribution in [0.5, 0.6) is 5.75 Å². The van der Waals surface area contributed by atoms with Gasteiger partial charge >= 0.3 is 5.69 Å². The van der Waals surface area contributed by atoms with Crippen molar-refractivity contribution in [3.63, 3.8) is 0 Å². The van der Waals surface area contributed by atoms with Crippen LogP contribution in [0.2, 0.25) is 0 Å². The van der Waals surface area contributed by atoms with Gasteiger partial charge in [0.05, 0.1) is 39.0 Å². The van der Waals surface area contributed by atoms with Gasteiger partial charge < -0.3 is 29.7 Å². The Morgan fingerprint density at radius 3 is 2.38 bits per heavy atom. The van der Waals surface area contributed by atoms with Crippen LogP contribution in [0.25, 0.3) is 21.9 Å². The fraction of sp³-hybridized carbons (Fsp3) is 0.472. The number of aromatic nitrogens is 5. The Kier molecular flexibility index (Phi) is 13.3. The second-order valence-corrected chi connectivity index (χ2v) is 24.1. The number of amides is 2. The highest BCUT2D eigenvalue weighted by Gasteiger charge is 2.37. The summed E-state index contributed by atoms with van der Waals surface area (Å²) in [6.45, 7) is 13.5. The van der Waals surface area contributed by atoms with E-state index in [4.69, 9.17) is 14.7 Å². The van der Waals surface area contributed by atoms with Crippen molar-refractivity contribution in [1.82, 2.24) is 39.2 Å². The molecule has 0 bridgehead atoms. The van der Waals surface area contributed by atoms with E-state index in [1.807, 2.05) is 48.7 Å². The van der Waals surface area contributed by atoms with Crippen molar-refractivity contribution in [2.75, 3.05) is 80.3 Å². The number of piperidine rings is 2. The Morgan fingerprint density at radius 2 is 1.63 bits per heavy atom. The Balaban J connectivity index is 0.724. The average Bonchev–Trinajstić information content (AvgIpc) is 4.03. The number of hydrogen-bond acceptors (Lipinski definition) is 13. The number of nitrogens with one attached hydrogen (secondary N) is 3. The summed E-state index contributed by atoms with van der Waals surface area (Å²) >= 11 is 3.68. The van der Waals surface area contributed by atoms with Gasteiger partial charge in [0.1, 0.15) is 24.8 Å². The fourth-order valence-corrected chi connectivity index (χ4v) is 15.3. The number of anilines is 5. The zero-order valence-electron chi connectivity index (χ0n) is 40.9. The standard InChI is InChI=1S/C53H63BrN11O5P/c1-4-70-46-31-45(33(2)30-42(46)58-52-55-32-39(54)50(60-52)57-41-15-14-40-38(13-10-34(3)56-40)49(41)71(69)28-5-6-29-71)63-22-19-36(20-23-63)62-26-24-61(25-27-62)21-18-35-8-7-9-43-48(35)64(37-11-12-37)53(68)65(43)44-16-17-47(66)59-51(44)67/h7-10,13-15,30-32,36-37,44H,4-6,11-12,16-29H2,1-3H3,(H,59,66,67)(H2,55,57,58,60). The van der Waals surface area contributed by atoms with Gasteiger partial charge in [0.15, 0.2) is 0 Å². The molecule has 16 nitrogen and oxygen atoms in total. The highest BCUT2D eigenvalue weighted by Crippen LogP contribution is 2.54. The summed E-state index contributed by atoms with van der Waals surface area (Å²) in [6.07, 6.45) is 10.5. The van der Waals surface area contributed by atoms with E-state index in [1.165, 1.54) is 5.69 Å². The highest BCUT2D eigenvalue weighted by atomic mass is 79.9. The molecular formula is C53H63BrN11O5P. The van der Waals surface area contributed by atoms with Gasteiger partial charge in [-0.25, -0.2) is 9.78 Å². The molecule has 0 radical (unpaired) electrons. The van der Waals surface area contributed by atoms with Crippen molar-refractivity contribution < 1.29 is 18.9 Å². The van der Waals surface area contributed by atoms with Crippen molar-refractivity contribution in [3.8, 4) is 5.75 Å². The van der Waals surface area contributed by atoms with Crippen molar-refractivity contribution in [1.29, 1.82) is 0 Å². The number of piperazine rings is 1. The fourth-order valence-electron chi connectivity index (χ4n) is 11.6. The Hall–Kier alpha value is -5.61. The molecule has 4 saturated heterocycles. The predicted molar refractivity (Wildman–Crippen MR) is 284 cm³/mol. The largest absolute Gasteiger partial charge is 0.492 e. The Bertz CT molecular complexity index is 3150. The second-order valence-electron chi connectivity index (χ2n) is 20.1. The first-order valence-corrected chi connectivity index (χ1v) is 28.4. The van der Waals surface area contributed by atoms with Crippen LogP contribution in [0.4, 0.5) is 28.8 Å². The SMILES string of the molecule is CCOc1cc(N2CCC(N3CCN(CCc4cccc5c4n(C4CC4)c(=O)n5C4CCC(=O)NC4=O)CC3)CC2)c(C)cc1Nc1ncc(Br)c(Nc2ccc3nc(C)ccc3c2P2(=O)CCCC2)n1. The van der Waals surface area contributed by atoms with Crippen LogP contribution in [0, 0.1) is 13.8 Å². The summed E-state index contributed by atoms with van der Waals surface area (Å²) in [6, 6.07) is 18.4. The molecule has 18 heteroatoms. The van der Waals surface area contributed by atoms with Crippen molar-refractivity contribution in [3.05, 3.63) is 92.6 Å². The Labute approximate surface area is 422 Å². The number of rotatable bonds is 14. The van der Waals surface area contributed by atoms with Gasteiger partial charge in [0.2, 0.25) is 17.8 Å². The van der Waals surface area contributed by atoms with Crippen LogP contribution in [0.3, 0.4) is 0 Å². The highest BCUT2D eigenvalue weighted by molar-refractivity contribution is 9.10. The molecule has 2 amide bonds. The lowest BCUT2D eigenvalue weighted by molar-refractivity contribution is -0.135. The zero-order valence-corrected chi connectivity index (χ0v) is 43.4. The molecule has 1 atom stereocenters. The summed E-state index contributed by atoms with van der Waals surface area (Å²) in [5.74, 6) is 1.05. The average molecular weight is 1050 g/mol. The molecule has 6 aromatic rings. The molecule has 4 aliphatic heterocycles. The number of carbonyl (C=O) groups excluding carboxylic acids is 2. The minimum absolute atomic E-state index is 0.140. The summed E-state index contributed by atoms with van der Waals surface area (Å²) in [5.41, 5.74) is 8.41. The number of ether oxygens (including phenoxy) is 1. The van der Waals surface area contributed by atoms with Crippen LogP contribution in [0.1, 0.15) is 87.2 Å². The molecule has 5 aliphatic rings. The van der Waals surface area contributed by atoms with E-state index in [0.29, 0.717) is 47.6 Å². The molecule has 3 N–H and O–H groups in total. The van der Waals surface area contributed by atoms with Gasteiger partial charge in [-0.05, 0) is 130 Å². The minimum Gasteiger partial charge on any atom is -0.492 e. The van der Waals surface area contributed by atoms with E-state index in [0.717, 1.165) is 152 Å². The maximum Gasteiger partial charge on any atom is 0.330 e. The number of imidazole rings is 1. The molecule has 1 saturated carbocycles. The number of para-hydroxylation sites is 1. The number of fused-ring (bicyclic) bond motifs is 2. The normalized spacial score (nSPS) is 20.2. The molecule has 3 aromatic heterocycles. The van der Waals surface area contributed by atoms with E-state index < -0.39 is 13.2 Å². The minimum atomic E-state index is -2.64. The molecule has 5 fully saturated rings. The third-order valence-electron chi connectivity index (χ3n) is 15.4. The molecule has 372 valence electrons. The third kappa shape index (κ3) is 9.50. The van der Waals surface area contributed by atoms with Gasteiger partial charge in [-0.3, -0.25) is 33.9 Å². The number of carbonyl (C=O) groups is 2.